The molecule has 0 heterocycles. The van der Waals surface area contributed by atoms with Crippen LogP contribution in [-0.4, -0.2) is 36.4 Å². The van der Waals surface area contributed by atoms with Crippen molar-refractivity contribution in [3.63, 3.8) is 0 Å². The quantitative estimate of drug-likeness (QED) is 0.862. The molecule has 1 rings (SSSR count). The number of rotatable bonds is 5. The maximum atomic E-state index is 12.0. The van der Waals surface area contributed by atoms with Crippen LogP contribution in [0.25, 0.3) is 0 Å². The third kappa shape index (κ3) is 4.78. The summed E-state index contributed by atoms with van der Waals surface area (Å²) in [5, 5.41) is 10.7. The van der Waals surface area contributed by atoms with Crippen molar-refractivity contribution in [2.45, 2.75) is 19.2 Å². The van der Waals surface area contributed by atoms with E-state index in [2.05, 4.69) is 0 Å². The molecule has 7 heteroatoms. The molecule has 2 N–H and O–H groups in total. The largest absolute Gasteiger partial charge is 0.494 e. The molecule has 19 heavy (non-hydrogen) atoms. The van der Waals surface area contributed by atoms with E-state index in [1.54, 1.807) is 19.1 Å². The first-order chi connectivity index (χ1) is 8.84. The summed E-state index contributed by atoms with van der Waals surface area (Å²) in [6.07, 6.45) is -7.31. The Morgan fingerprint density at radius 2 is 1.95 bits per heavy atom. The molecule has 0 radical (unpaired) electrons. The number of aliphatic hydroxyl groups excluding tert-OH is 1. The molecule has 0 fully saturated rings. The second-order valence-corrected chi connectivity index (χ2v) is 3.72. The average molecular weight is 277 g/mol. The van der Waals surface area contributed by atoms with Gasteiger partial charge >= 0.3 is 6.18 Å². The molecule has 0 aliphatic rings. The van der Waals surface area contributed by atoms with E-state index in [9.17, 15) is 18.0 Å². The lowest BCUT2D eigenvalue weighted by molar-refractivity contribution is -0.201. The smallest absolute Gasteiger partial charge is 0.416 e. The van der Waals surface area contributed by atoms with Crippen molar-refractivity contribution >= 4 is 5.91 Å². The van der Waals surface area contributed by atoms with Crippen LogP contribution in [-0.2, 0) is 0 Å². The molecule has 1 unspecified atom stereocenters. The minimum atomic E-state index is -4.74. The van der Waals surface area contributed by atoms with Crippen LogP contribution in [0.1, 0.15) is 17.3 Å². The first kappa shape index (κ1) is 15.3. The summed E-state index contributed by atoms with van der Waals surface area (Å²) in [5.74, 6) is -0.124. The minimum absolute atomic E-state index is 0.192. The van der Waals surface area contributed by atoms with E-state index in [1.165, 1.54) is 12.1 Å². The number of aliphatic hydroxyl groups is 1. The van der Waals surface area contributed by atoms with Gasteiger partial charge in [-0.3, -0.25) is 4.79 Å². The second-order valence-electron chi connectivity index (χ2n) is 3.72. The van der Waals surface area contributed by atoms with Gasteiger partial charge in [-0.2, -0.15) is 13.2 Å². The molecular formula is C12H14F3NO3. The maximum absolute atomic E-state index is 12.0. The second kappa shape index (κ2) is 6.42. The monoisotopic (exact) mass is 277 g/mol. The molecule has 1 aromatic rings. The van der Waals surface area contributed by atoms with Crippen LogP contribution in [0.2, 0.25) is 0 Å². The summed E-state index contributed by atoms with van der Waals surface area (Å²) in [7, 11) is 0. The SMILES string of the molecule is CCOc1ccc(C(=O)NCC(O)C(F)(F)F)cc1. The third-order valence-corrected chi connectivity index (χ3v) is 2.26. The molecule has 0 saturated carbocycles. The van der Waals surface area contributed by atoms with Gasteiger partial charge < -0.3 is 15.2 Å². The van der Waals surface area contributed by atoms with Gasteiger partial charge in [-0.25, -0.2) is 0 Å². The zero-order valence-corrected chi connectivity index (χ0v) is 10.2. The summed E-state index contributed by atoms with van der Waals surface area (Å²) in [4.78, 5) is 11.5. The Bertz CT molecular complexity index is 417. The van der Waals surface area contributed by atoms with E-state index in [4.69, 9.17) is 9.84 Å². The van der Waals surface area contributed by atoms with E-state index in [0.29, 0.717) is 12.4 Å². The fourth-order valence-electron chi connectivity index (χ4n) is 1.28. The lowest BCUT2D eigenvalue weighted by Gasteiger charge is -2.15. The van der Waals surface area contributed by atoms with Crippen molar-refractivity contribution in [2.24, 2.45) is 0 Å². The van der Waals surface area contributed by atoms with Gasteiger partial charge in [0, 0.05) is 5.56 Å². The fraction of sp³-hybridized carbons (Fsp3) is 0.417. The number of nitrogens with one attached hydrogen (secondary N) is 1. The fourth-order valence-corrected chi connectivity index (χ4v) is 1.28. The predicted molar refractivity (Wildman–Crippen MR) is 62.0 cm³/mol. The Balaban J connectivity index is 2.54. The van der Waals surface area contributed by atoms with E-state index in [0.717, 1.165) is 0 Å². The molecular weight excluding hydrogens is 263 g/mol. The summed E-state index contributed by atoms with van der Waals surface area (Å²) in [5.41, 5.74) is 0.192. The number of benzene rings is 1. The van der Waals surface area contributed by atoms with Gasteiger partial charge in [-0.1, -0.05) is 0 Å². The van der Waals surface area contributed by atoms with Crippen LogP contribution < -0.4 is 10.1 Å². The molecule has 1 atom stereocenters. The zero-order chi connectivity index (χ0) is 14.5. The standard InChI is InChI=1S/C12H14F3NO3/c1-2-19-9-5-3-8(4-6-9)11(18)16-7-10(17)12(13,14)15/h3-6,10,17H,2,7H2,1H3,(H,16,18). The lowest BCUT2D eigenvalue weighted by atomic mass is 10.2. The zero-order valence-electron chi connectivity index (χ0n) is 10.2. The molecule has 1 amide bonds. The Kier molecular flexibility index (Phi) is 5.17. The van der Waals surface area contributed by atoms with Crippen LogP contribution in [0.3, 0.4) is 0 Å². The Morgan fingerprint density at radius 1 is 1.37 bits per heavy atom. The summed E-state index contributed by atoms with van der Waals surface area (Å²) in [6, 6.07) is 5.94. The van der Waals surface area contributed by atoms with E-state index >= 15 is 0 Å². The maximum Gasteiger partial charge on any atom is 0.416 e. The highest BCUT2D eigenvalue weighted by molar-refractivity contribution is 5.94. The summed E-state index contributed by atoms with van der Waals surface area (Å²) >= 11 is 0. The van der Waals surface area contributed by atoms with E-state index in [1.807, 2.05) is 5.32 Å². The van der Waals surface area contributed by atoms with E-state index < -0.39 is 24.7 Å². The number of carbonyl (C=O) groups excluding carboxylic acids is 1. The third-order valence-electron chi connectivity index (χ3n) is 2.26. The number of alkyl halides is 3. The van der Waals surface area contributed by atoms with Gasteiger partial charge in [-0.15, -0.1) is 0 Å². The number of amides is 1. The minimum Gasteiger partial charge on any atom is -0.494 e. The number of halogens is 3. The van der Waals surface area contributed by atoms with Crippen molar-refractivity contribution in [1.82, 2.24) is 5.32 Å². The Morgan fingerprint density at radius 3 is 2.42 bits per heavy atom. The number of hydrogen-bond acceptors (Lipinski definition) is 3. The van der Waals surface area contributed by atoms with Gasteiger partial charge in [0.2, 0.25) is 0 Å². The van der Waals surface area contributed by atoms with Crippen molar-refractivity contribution in [1.29, 1.82) is 0 Å². The normalized spacial score (nSPS) is 12.9. The van der Waals surface area contributed by atoms with Crippen LogP contribution in [0.4, 0.5) is 13.2 Å². The first-order valence-electron chi connectivity index (χ1n) is 5.60. The number of carbonyl (C=O) groups is 1. The highest BCUT2D eigenvalue weighted by Gasteiger charge is 2.38. The topological polar surface area (TPSA) is 58.6 Å². The van der Waals surface area contributed by atoms with Crippen LogP contribution >= 0.6 is 0 Å². The van der Waals surface area contributed by atoms with Crippen molar-refractivity contribution in [3.8, 4) is 5.75 Å². The highest BCUT2D eigenvalue weighted by Crippen LogP contribution is 2.19. The van der Waals surface area contributed by atoms with Crippen LogP contribution in [0, 0.1) is 0 Å². The van der Waals surface area contributed by atoms with Gasteiger partial charge in [0.15, 0.2) is 6.10 Å². The Hall–Kier alpha value is -1.76. The van der Waals surface area contributed by atoms with Gasteiger partial charge in [0.25, 0.3) is 5.91 Å². The van der Waals surface area contributed by atoms with Gasteiger partial charge in [-0.05, 0) is 31.2 Å². The molecule has 0 aliphatic carbocycles. The molecule has 0 aromatic heterocycles. The lowest BCUT2D eigenvalue weighted by Crippen LogP contribution is -2.40. The molecule has 0 bridgehead atoms. The van der Waals surface area contributed by atoms with Crippen molar-refractivity contribution in [2.75, 3.05) is 13.2 Å². The molecule has 0 saturated heterocycles. The first-order valence-corrected chi connectivity index (χ1v) is 5.60. The predicted octanol–water partition coefficient (Wildman–Crippen LogP) is 1.74. The van der Waals surface area contributed by atoms with Crippen molar-refractivity contribution < 1.29 is 27.8 Å². The average Bonchev–Trinajstić information content (AvgIpc) is 2.35. The molecule has 0 spiro atoms. The number of ether oxygens (including phenoxy) is 1. The Labute approximate surface area is 108 Å². The molecule has 1 aromatic carbocycles. The molecule has 4 nitrogen and oxygen atoms in total. The summed E-state index contributed by atoms with van der Waals surface area (Å²) < 4.78 is 41.2. The molecule has 0 aliphatic heterocycles. The van der Waals surface area contributed by atoms with E-state index in [-0.39, 0.29) is 5.56 Å². The van der Waals surface area contributed by atoms with Crippen molar-refractivity contribution in [3.05, 3.63) is 29.8 Å². The number of hydrogen-bond donors (Lipinski definition) is 2. The summed E-state index contributed by atoms with van der Waals surface area (Å²) in [6.45, 7) is 1.40. The highest BCUT2D eigenvalue weighted by atomic mass is 19.4. The van der Waals surface area contributed by atoms with Crippen LogP contribution in [0.15, 0.2) is 24.3 Å². The van der Waals surface area contributed by atoms with Gasteiger partial charge in [0.1, 0.15) is 5.75 Å². The van der Waals surface area contributed by atoms with Crippen LogP contribution in [0.5, 0.6) is 5.75 Å². The van der Waals surface area contributed by atoms with Gasteiger partial charge in [0.05, 0.1) is 13.2 Å². The molecule has 106 valence electrons.